The van der Waals surface area contributed by atoms with E-state index in [4.69, 9.17) is 4.74 Å². The minimum atomic E-state index is -0.214. The number of rotatable bonds is 4. The molecular formula is C20H24N2O2. The second kappa shape index (κ2) is 7.39. The fourth-order valence-corrected chi connectivity index (χ4v) is 3.17. The van der Waals surface area contributed by atoms with Crippen molar-refractivity contribution in [1.82, 2.24) is 5.32 Å². The molecule has 2 amide bonds. The van der Waals surface area contributed by atoms with Crippen LogP contribution in [0.5, 0.6) is 5.75 Å². The summed E-state index contributed by atoms with van der Waals surface area (Å²) in [6, 6.07) is 13.7. The quantitative estimate of drug-likeness (QED) is 0.872. The average molecular weight is 324 g/mol. The van der Waals surface area contributed by atoms with E-state index in [2.05, 4.69) is 28.8 Å². The first-order chi connectivity index (χ1) is 11.7. The first-order valence-electron chi connectivity index (χ1n) is 8.49. The van der Waals surface area contributed by atoms with E-state index < -0.39 is 0 Å². The summed E-state index contributed by atoms with van der Waals surface area (Å²) < 4.78 is 5.17. The number of carbonyl (C=O) groups is 1. The van der Waals surface area contributed by atoms with Crippen molar-refractivity contribution in [2.24, 2.45) is 0 Å². The summed E-state index contributed by atoms with van der Waals surface area (Å²) in [7, 11) is 1.61. The van der Waals surface area contributed by atoms with Gasteiger partial charge in [-0.25, -0.2) is 4.79 Å². The summed E-state index contributed by atoms with van der Waals surface area (Å²) in [6.07, 6.45) is 4.86. The number of carbonyl (C=O) groups excluding carboxylic acids is 1. The first kappa shape index (κ1) is 16.4. The van der Waals surface area contributed by atoms with Crippen LogP contribution >= 0.6 is 0 Å². The number of hydrogen-bond donors (Lipinski definition) is 2. The molecule has 4 heteroatoms. The second-order valence-electron chi connectivity index (χ2n) is 6.29. The molecule has 1 aliphatic carbocycles. The first-order valence-corrected chi connectivity index (χ1v) is 8.49. The van der Waals surface area contributed by atoms with Gasteiger partial charge in [0, 0.05) is 11.8 Å². The molecule has 0 bridgehead atoms. The third-order valence-electron chi connectivity index (χ3n) is 4.55. The van der Waals surface area contributed by atoms with Gasteiger partial charge in [-0.2, -0.15) is 0 Å². The van der Waals surface area contributed by atoms with Gasteiger partial charge < -0.3 is 15.4 Å². The predicted octanol–water partition coefficient (Wildman–Crippen LogP) is 4.46. The van der Waals surface area contributed by atoms with Crippen molar-refractivity contribution in [2.75, 3.05) is 12.4 Å². The van der Waals surface area contributed by atoms with Gasteiger partial charge in [-0.15, -0.1) is 0 Å². The Labute approximate surface area is 143 Å². The fraction of sp³-hybridized carbons (Fsp3) is 0.350. The van der Waals surface area contributed by atoms with Crippen molar-refractivity contribution in [3.63, 3.8) is 0 Å². The van der Waals surface area contributed by atoms with Gasteiger partial charge >= 0.3 is 6.03 Å². The molecule has 3 rings (SSSR count). The number of anilines is 1. The van der Waals surface area contributed by atoms with E-state index in [0.29, 0.717) is 5.69 Å². The van der Waals surface area contributed by atoms with Crippen molar-refractivity contribution in [1.29, 1.82) is 0 Å². The standard InChI is InChI=1S/C20H24N2O2/c1-14(16-11-10-15-6-3-4-7-17(15)12-16)21-20(23)22-18-8-5-9-19(13-18)24-2/h5,8-14H,3-4,6-7H2,1-2H3,(H2,21,22,23)/t14-/m0/s1. The summed E-state index contributed by atoms with van der Waals surface area (Å²) in [5.41, 5.74) is 4.75. The molecule has 2 aromatic rings. The SMILES string of the molecule is COc1cccc(NC(=O)N[C@@H](C)c2ccc3c(c2)CCCC3)c1. The molecule has 2 N–H and O–H groups in total. The summed E-state index contributed by atoms with van der Waals surface area (Å²) in [4.78, 5) is 12.2. The molecule has 0 saturated carbocycles. The lowest BCUT2D eigenvalue weighted by molar-refractivity contribution is 0.249. The number of ether oxygens (including phenoxy) is 1. The molecule has 0 fully saturated rings. The normalized spacial score (nSPS) is 14.4. The van der Waals surface area contributed by atoms with Gasteiger partial charge in [0.1, 0.15) is 5.75 Å². The fourth-order valence-electron chi connectivity index (χ4n) is 3.17. The van der Waals surface area contributed by atoms with Crippen LogP contribution in [-0.2, 0) is 12.8 Å². The van der Waals surface area contributed by atoms with E-state index in [-0.39, 0.29) is 12.1 Å². The van der Waals surface area contributed by atoms with Gasteiger partial charge in [-0.1, -0.05) is 24.3 Å². The van der Waals surface area contributed by atoms with Crippen LogP contribution in [0.2, 0.25) is 0 Å². The van der Waals surface area contributed by atoms with Gasteiger partial charge in [0.2, 0.25) is 0 Å². The van der Waals surface area contributed by atoms with Crippen LogP contribution in [0.3, 0.4) is 0 Å². The van der Waals surface area contributed by atoms with Crippen LogP contribution in [0.25, 0.3) is 0 Å². The van der Waals surface area contributed by atoms with E-state index >= 15 is 0 Å². The van der Waals surface area contributed by atoms with E-state index in [1.54, 1.807) is 13.2 Å². The maximum absolute atomic E-state index is 12.2. The number of fused-ring (bicyclic) bond motifs is 1. The Hall–Kier alpha value is -2.49. The molecule has 4 nitrogen and oxygen atoms in total. The monoisotopic (exact) mass is 324 g/mol. The lowest BCUT2D eigenvalue weighted by Gasteiger charge is -2.20. The smallest absolute Gasteiger partial charge is 0.319 e. The van der Waals surface area contributed by atoms with Gasteiger partial charge in [-0.3, -0.25) is 0 Å². The topological polar surface area (TPSA) is 50.4 Å². The molecule has 24 heavy (non-hydrogen) atoms. The van der Waals surface area contributed by atoms with E-state index in [1.807, 2.05) is 25.1 Å². The third kappa shape index (κ3) is 3.88. The molecule has 0 aliphatic heterocycles. The second-order valence-corrected chi connectivity index (χ2v) is 6.29. The predicted molar refractivity (Wildman–Crippen MR) is 96.6 cm³/mol. The van der Waals surface area contributed by atoms with Crippen molar-refractivity contribution in [3.8, 4) is 5.75 Å². The van der Waals surface area contributed by atoms with Gasteiger partial charge in [0.05, 0.1) is 13.2 Å². The van der Waals surface area contributed by atoms with Crippen LogP contribution in [-0.4, -0.2) is 13.1 Å². The Morgan fingerprint density at radius 2 is 1.88 bits per heavy atom. The van der Waals surface area contributed by atoms with Crippen LogP contribution in [0.15, 0.2) is 42.5 Å². The van der Waals surface area contributed by atoms with Gasteiger partial charge in [0.25, 0.3) is 0 Å². The number of methoxy groups -OCH3 is 1. The number of benzene rings is 2. The van der Waals surface area contributed by atoms with E-state index in [1.165, 1.54) is 30.4 Å². The lowest BCUT2D eigenvalue weighted by atomic mass is 9.89. The van der Waals surface area contributed by atoms with Crippen molar-refractivity contribution in [3.05, 3.63) is 59.2 Å². The van der Waals surface area contributed by atoms with E-state index in [9.17, 15) is 4.79 Å². The summed E-state index contributed by atoms with van der Waals surface area (Å²) in [5, 5.41) is 5.85. The molecule has 0 spiro atoms. The Kier molecular flexibility index (Phi) is 5.04. The molecular weight excluding hydrogens is 300 g/mol. The van der Waals surface area contributed by atoms with Crippen molar-refractivity contribution in [2.45, 2.75) is 38.6 Å². The number of urea groups is 1. The maximum atomic E-state index is 12.2. The summed E-state index contributed by atoms with van der Waals surface area (Å²) in [5.74, 6) is 0.718. The van der Waals surface area contributed by atoms with Crippen molar-refractivity contribution < 1.29 is 9.53 Å². The highest BCUT2D eigenvalue weighted by molar-refractivity contribution is 5.89. The number of aryl methyl sites for hydroxylation is 2. The number of amides is 2. The molecule has 2 aromatic carbocycles. The highest BCUT2D eigenvalue weighted by Crippen LogP contribution is 2.25. The zero-order chi connectivity index (χ0) is 16.9. The number of hydrogen-bond acceptors (Lipinski definition) is 2. The minimum absolute atomic E-state index is 0.0390. The van der Waals surface area contributed by atoms with Crippen molar-refractivity contribution >= 4 is 11.7 Å². The van der Waals surface area contributed by atoms with Gasteiger partial charge in [-0.05, 0) is 61.4 Å². The highest BCUT2D eigenvalue weighted by atomic mass is 16.5. The Balaban J connectivity index is 1.63. The third-order valence-corrected chi connectivity index (χ3v) is 4.55. The molecule has 0 saturated heterocycles. The van der Waals surface area contributed by atoms with Gasteiger partial charge in [0.15, 0.2) is 0 Å². The molecule has 126 valence electrons. The van der Waals surface area contributed by atoms with Crippen LogP contribution in [0.4, 0.5) is 10.5 Å². The average Bonchev–Trinajstić information content (AvgIpc) is 2.61. The number of nitrogens with one attached hydrogen (secondary N) is 2. The van der Waals surface area contributed by atoms with Crippen LogP contribution < -0.4 is 15.4 Å². The van der Waals surface area contributed by atoms with Crippen LogP contribution in [0, 0.1) is 0 Å². The Bertz CT molecular complexity index is 727. The largest absolute Gasteiger partial charge is 0.497 e. The van der Waals surface area contributed by atoms with E-state index in [0.717, 1.165) is 17.7 Å². The Morgan fingerprint density at radius 3 is 2.67 bits per heavy atom. The summed E-state index contributed by atoms with van der Waals surface area (Å²) >= 11 is 0. The zero-order valence-electron chi connectivity index (χ0n) is 14.3. The zero-order valence-corrected chi connectivity index (χ0v) is 14.3. The highest BCUT2D eigenvalue weighted by Gasteiger charge is 2.14. The summed E-state index contributed by atoms with van der Waals surface area (Å²) in [6.45, 7) is 2.01. The Morgan fingerprint density at radius 1 is 1.08 bits per heavy atom. The van der Waals surface area contributed by atoms with Crippen LogP contribution in [0.1, 0.15) is 42.5 Å². The molecule has 0 heterocycles. The lowest BCUT2D eigenvalue weighted by Crippen LogP contribution is -2.31. The molecule has 0 aromatic heterocycles. The minimum Gasteiger partial charge on any atom is -0.497 e. The maximum Gasteiger partial charge on any atom is 0.319 e. The molecule has 0 unspecified atom stereocenters. The molecule has 0 radical (unpaired) electrons. The molecule has 1 aliphatic rings. The molecule has 1 atom stereocenters.